The van der Waals surface area contributed by atoms with Gasteiger partial charge in [-0.25, -0.2) is 0 Å². The average Bonchev–Trinajstić information content (AvgIpc) is 1.65. The van der Waals surface area contributed by atoms with Crippen molar-refractivity contribution in [2.24, 2.45) is 11.8 Å². The molecule has 0 N–H and O–H groups in total. The van der Waals surface area contributed by atoms with Crippen LogP contribution in [0.4, 0.5) is 0 Å². The number of halogens is 1. The fourth-order valence-corrected chi connectivity index (χ4v) is 0.436. The van der Waals surface area contributed by atoms with Crippen LogP contribution in [0.3, 0.4) is 0 Å². The van der Waals surface area contributed by atoms with Gasteiger partial charge in [-0.05, 0) is 11.8 Å². The summed E-state index contributed by atoms with van der Waals surface area (Å²) in [5, 5.41) is 0. The van der Waals surface area contributed by atoms with Gasteiger partial charge in [-0.15, -0.1) is 11.6 Å². The lowest BCUT2D eigenvalue weighted by atomic mass is 10.0. The van der Waals surface area contributed by atoms with Crippen LogP contribution in [-0.2, 0) is 0 Å². The summed E-state index contributed by atoms with van der Waals surface area (Å²) in [4.78, 5) is 0. The Labute approximate surface area is 50.9 Å². The van der Waals surface area contributed by atoms with Crippen LogP contribution < -0.4 is 0 Å². The highest BCUT2D eigenvalue weighted by molar-refractivity contribution is 6.23. The van der Waals surface area contributed by atoms with Gasteiger partial charge in [0.25, 0.3) is 0 Å². The highest BCUT2D eigenvalue weighted by Gasteiger charge is 2.03. The zero-order valence-electron chi connectivity index (χ0n) is 5.11. The van der Waals surface area contributed by atoms with Gasteiger partial charge in [0.1, 0.15) is 0 Å². The first-order valence-electron chi connectivity index (χ1n) is 2.62. The molecule has 0 rings (SSSR count). The Balaban J connectivity index is 3.14. The summed E-state index contributed by atoms with van der Waals surface area (Å²) in [5.74, 6) is 2.93. The van der Waals surface area contributed by atoms with E-state index in [4.69, 9.17) is 11.6 Å². The summed E-state index contributed by atoms with van der Waals surface area (Å²) in [5.41, 5.74) is 0. The van der Waals surface area contributed by atoms with Crippen molar-refractivity contribution in [3.8, 4) is 0 Å². The van der Waals surface area contributed by atoms with Crippen LogP contribution in [0.15, 0.2) is 0 Å². The van der Waals surface area contributed by atoms with Gasteiger partial charge in [0.15, 0.2) is 0 Å². The van der Waals surface area contributed by atoms with Gasteiger partial charge < -0.3 is 0 Å². The van der Waals surface area contributed by atoms with E-state index in [-0.39, 0.29) is 0 Å². The molecule has 0 bridgehead atoms. The molecule has 0 heterocycles. The number of hydrogen-bond acceptors (Lipinski definition) is 0. The molecule has 0 aromatic heterocycles. The Hall–Kier alpha value is 0.290. The first kappa shape index (κ1) is 7.29. The molecule has 0 fully saturated rings. The van der Waals surface area contributed by atoms with Gasteiger partial charge in [0.05, 0.1) is 5.88 Å². The Kier molecular flexibility index (Phi) is 3.45. The van der Waals surface area contributed by atoms with Crippen LogP contribution >= 0.6 is 11.6 Å². The van der Waals surface area contributed by atoms with Gasteiger partial charge in [0.2, 0.25) is 0 Å². The van der Waals surface area contributed by atoms with Crippen molar-refractivity contribution in [1.29, 1.82) is 0 Å². The lowest BCUT2D eigenvalue weighted by Gasteiger charge is -2.08. The summed E-state index contributed by atoms with van der Waals surface area (Å²) < 4.78 is 0. The molecule has 0 aliphatic rings. The summed E-state index contributed by atoms with van der Waals surface area (Å²) in [6, 6.07) is 0. The van der Waals surface area contributed by atoms with E-state index < -0.39 is 0 Å². The molecular formula is C6H12Cl. The molecule has 7 heavy (non-hydrogen) atoms. The van der Waals surface area contributed by atoms with Crippen LogP contribution in [0.2, 0.25) is 0 Å². The van der Waals surface area contributed by atoms with Crippen LogP contribution in [-0.4, -0.2) is 0 Å². The van der Waals surface area contributed by atoms with Crippen molar-refractivity contribution in [3.05, 3.63) is 5.88 Å². The van der Waals surface area contributed by atoms with Gasteiger partial charge in [-0.2, -0.15) is 0 Å². The maximum absolute atomic E-state index is 5.42. The van der Waals surface area contributed by atoms with E-state index in [1.807, 2.05) is 0 Å². The number of rotatable bonds is 2. The normalized spacial score (nSPS) is 15.0. The molecule has 0 saturated heterocycles. The summed E-state index contributed by atoms with van der Waals surface area (Å²) >= 11 is 5.42. The molecule has 0 aromatic carbocycles. The predicted molar refractivity (Wildman–Crippen MR) is 34.2 cm³/mol. The third kappa shape index (κ3) is 2.93. The lowest BCUT2D eigenvalue weighted by molar-refractivity contribution is 0.492. The fraction of sp³-hybridized carbons (Fsp3) is 0.833. The summed E-state index contributed by atoms with van der Waals surface area (Å²) in [6.07, 6.45) is 0. The zero-order chi connectivity index (χ0) is 5.86. The first-order valence-corrected chi connectivity index (χ1v) is 3.05. The van der Waals surface area contributed by atoms with Crippen molar-refractivity contribution in [2.45, 2.75) is 20.8 Å². The van der Waals surface area contributed by atoms with E-state index in [0.717, 1.165) is 0 Å². The molecule has 0 nitrogen and oxygen atoms in total. The van der Waals surface area contributed by atoms with Gasteiger partial charge in [-0.3, -0.25) is 0 Å². The standard InChI is InChI=1S/C6H12Cl/c1-5(2)6(3)4-7/h4-6H,1-3H3. The Morgan fingerprint density at radius 2 is 1.71 bits per heavy atom. The molecule has 0 aromatic rings. The number of hydrogen-bond donors (Lipinski definition) is 0. The topological polar surface area (TPSA) is 0 Å². The molecule has 1 unspecified atom stereocenters. The van der Waals surface area contributed by atoms with E-state index in [1.165, 1.54) is 0 Å². The third-order valence-corrected chi connectivity index (χ3v) is 1.65. The quantitative estimate of drug-likeness (QED) is 0.524. The second kappa shape index (κ2) is 3.31. The first-order chi connectivity index (χ1) is 3.18. The van der Waals surface area contributed by atoms with Gasteiger partial charge in [0, 0.05) is 0 Å². The molecule has 1 atom stereocenters. The maximum atomic E-state index is 5.42. The van der Waals surface area contributed by atoms with Gasteiger partial charge in [-0.1, -0.05) is 20.8 Å². The molecule has 43 valence electrons. The molecule has 0 spiro atoms. The predicted octanol–water partition coefficient (Wildman–Crippen LogP) is 2.68. The van der Waals surface area contributed by atoms with E-state index in [2.05, 4.69) is 20.8 Å². The molecule has 0 saturated carbocycles. The Bertz CT molecular complexity index is 41.4. The van der Waals surface area contributed by atoms with Crippen molar-refractivity contribution in [3.63, 3.8) is 0 Å². The van der Waals surface area contributed by atoms with Crippen LogP contribution in [0.5, 0.6) is 0 Å². The molecule has 1 radical (unpaired) electrons. The van der Waals surface area contributed by atoms with Crippen molar-refractivity contribution < 1.29 is 0 Å². The lowest BCUT2D eigenvalue weighted by Crippen LogP contribution is -1.99. The molecular weight excluding hydrogens is 108 g/mol. The Morgan fingerprint density at radius 3 is 1.71 bits per heavy atom. The molecule has 0 amide bonds. The SMILES string of the molecule is CC(C)C(C)[CH]Cl. The van der Waals surface area contributed by atoms with Crippen molar-refractivity contribution >= 4 is 11.6 Å². The van der Waals surface area contributed by atoms with Crippen molar-refractivity contribution in [2.75, 3.05) is 0 Å². The van der Waals surface area contributed by atoms with E-state index >= 15 is 0 Å². The smallest absolute Gasteiger partial charge is 0.0530 e. The summed E-state index contributed by atoms with van der Waals surface area (Å²) in [7, 11) is 0. The van der Waals surface area contributed by atoms with Gasteiger partial charge >= 0.3 is 0 Å². The monoisotopic (exact) mass is 119 g/mol. The molecule has 1 heteroatoms. The minimum absolute atomic E-state index is 0.543. The van der Waals surface area contributed by atoms with Crippen LogP contribution in [0.25, 0.3) is 0 Å². The molecule has 0 aliphatic heterocycles. The fourth-order valence-electron chi connectivity index (χ4n) is 0.145. The third-order valence-electron chi connectivity index (χ3n) is 1.25. The van der Waals surface area contributed by atoms with E-state index in [0.29, 0.717) is 11.8 Å². The Morgan fingerprint density at radius 1 is 1.29 bits per heavy atom. The summed E-state index contributed by atoms with van der Waals surface area (Å²) in [6.45, 7) is 6.42. The zero-order valence-corrected chi connectivity index (χ0v) is 5.87. The van der Waals surface area contributed by atoms with Crippen LogP contribution in [0.1, 0.15) is 20.8 Å². The minimum Gasteiger partial charge on any atom is -0.121 e. The second-order valence-electron chi connectivity index (χ2n) is 2.23. The van der Waals surface area contributed by atoms with E-state index in [9.17, 15) is 0 Å². The second-order valence-corrected chi connectivity index (χ2v) is 2.48. The van der Waals surface area contributed by atoms with Crippen molar-refractivity contribution in [1.82, 2.24) is 0 Å². The molecule has 0 aliphatic carbocycles. The van der Waals surface area contributed by atoms with Crippen LogP contribution in [0, 0.1) is 17.7 Å². The highest BCUT2D eigenvalue weighted by Crippen LogP contribution is 2.13. The minimum atomic E-state index is 0.543. The largest absolute Gasteiger partial charge is 0.121 e. The van der Waals surface area contributed by atoms with E-state index in [1.54, 1.807) is 5.88 Å². The average molecular weight is 120 g/mol. The highest BCUT2D eigenvalue weighted by atomic mass is 35.5. The maximum Gasteiger partial charge on any atom is 0.0530 e.